The quantitative estimate of drug-likeness (QED) is 0.277. The van der Waals surface area contributed by atoms with Crippen LogP contribution in [0.1, 0.15) is 6.92 Å². The molecule has 8 nitrogen and oxygen atoms in total. The lowest BCUT2D eigenvalue weighted by molar-refractivity contribution is -0.155. The summed E-state index contributed by atoms with van der Waals surface area (Å²) < 4.78 is -2.81. The van der Waals surface area contributed by atoms with Gasteiger partial charge in [-0.2, -0.15) is 0 Å². The minimum Gasteiger partial charge on any atom is -0.480 e. The molecule has 5 N–H and O–H groups in total. The Balaban J connectivity index is 5.44. The Kier molecular flexibility index (Phi) is 4.30. The molecule has 0 spiro atoms. The Morgan fingerprint density at radius 3 is 1.81 bits per heavy atom. The highest BCUT2D eigenvalue weighted by Crippen LogP contribution is 2.20. The van der Waals surface area contributed by atoms with Crippen LogP contribution in [-0.4, -0.2) is 44.8 Å². The number of hydrogen-bond acceptors (Lipinski definition) is 5. The lowest BCUT2D eigenvalue weighted by Gasteiger charge is -2.26. The van der Waals surface area contributed by atoms with Gasteiger partial charge < -0.3 is 21.3 Å². The molecule has 0 rings (SSSR count). The number of primary amides is 1. The van der Waals surface area contributed by atoms with Gasteiger partial charge in [0.1, 0.15) is 6.04 Å². The summed E-state index contributed by atoms with van der Waals surface area (Å²) in [5.74, 6) is -5.92. The molecule has 0 aliphatic carbocycles. The summed E-state index contributed by atoms with van der Waals surface area (Å²) in [4.78, 5) is 43.2. The molecule has 0 aromatic carbocycles. The molecule has 0 saturated carbocycles. The standard InChI is InChI=1S/C7H10N2O6S/c1-2(10)9-3(4(8)11)7(16,5(12)13)6(14)15/h3,16H,1H3,(H2,8,11)(H,9,10)(H,12,13)(H,14,15). The number of thiol groups is 1. The van der Waals surface area contributed by atoms with Crippen molar-refractivity contribution < 1.29 is 29.4 Å². The molecule has 0 bridgehead atoms. The van der Waals surface area contributed by atoms with Crippen molar-refractivity contribution in [2.24, 2.45) is 5.73 Å². The van der Waals surface area contributed by atoms with Crippen molar-refractivity contribution in [3.8, 4) is 0 Å². The number of rotatable bonds is 5. The van der Waals surface area contributed by atoms with Gasteiger partial charge in [0.15, 0.2) is 0 Å². The van der Waals surface area contributed by atoms with Crippen LogP contribution < -0.4 is 11.1 Å². The normalized spacial score (nSPS) is 12.6. The summed E-state index contributed by atoms with van der Waals surface area (Å²) in [6.45, 7) is 0.980. The largest absolute Gasteiger partial charge is 0.480 e. The van der Waals surface area contributed by atoms with Gasteiger partial charge in [-0.15, -0.1) is 12.6 Å². The molecule has 0 heterocycles. The van der Waals surface area contributed by atoms with Gasteiger partial charge in [0.25, 0.3) is 0 Å². The van der Waals surface area contributed by atoms with E-state index in [1.807, 2.05) is 5.32 Å². The Labute approximate surface area is 95.2 Å². The molecule has 90 valence electrons. The van der Waals surface area contributed by atoms with Crippen LogP contribution in [0.15, 0.2) is 0 Å². The summed E-state index contributed by atoms with van der Waals surface area (Å²) >= 11 is 3.40. The van der Waals surface area contributed by atoms with E-state index < -0.39 is 34.5 Å². The first kappa shape index (κ1) is 14.2. The van der Waals surface area contributed by atoms with Crippen LogP contribution in [0.4, 0.5) is 0 Å². The highest BCUT2D eigenvalue weighted by molar-refractivity contribution is 7.83. The number of carbonyl (C=O) groups is 4. The maximum atomic E-state index is 10.9. The number of carboxylic acids is 2. The van der Waals surface area contributed by atoms with E-state index in [9.17, 15) is 19.2 Å². The van der Waals surface area contributed by atoms with Gasteiger partial charge >= 0.3 is 11.9 Å². The minimum absolute atomic E-state index is 0.801. The molecule has 0 aromatic heterocycles. The Bertz CT molecular complexity index is 341. The summed E-state index contributed by atoms with van der Waals surface area (Å²) in [5.41, 5.74) is 4.82. The van der Waals surface area contributed by atoms with E-state index in [4.69, 9.17) is 15.9 Å². The van der Waals surface area contributed by atoms with Crippen LogP contribution in [0.25, 0.3) is 0 Å². The van der Waals surface area contributed by atoms with E-state index in [1.165, 1.54) is 0 Å². The number of nitrogens with two attached hydrogens (primary N) is 1. The van der Waals surface area contributed by atoms with Crippen molar-refractivity contribution >= 4 is 36.4 Å². The van der Waals surface area contributed by atoms with Gasteiger partial charge in [0.2, 0.25) is 16.6 Å². The summed E-state index contributed by atoms with van der Waals surface area (Å²) in [6.07, 6.45) is 0. The van der Waals surface area contributed by atoms with E-state index in [0.717, 1.165) is 6.92 Å². The fourth-order valence-corrected chi connectivity index (χ4v) is 1.11. The van der Waals surface area contributed by atoms with Crippen molar-refractivity contribution in [3.05, 3.63) is 0 Å². The second-order valence-corrected chi connectivity index (χ2v) is 3.62. The average Bonchev–Trinajstić information content (AvgIpc) is 2.11. The third-order valence-electron chi connectivity index (χ3n) is 1.70. The molecule has 0 saturated heterocycles. The third kappa shape index (κ3) is 2.63. The molecular weight excluding hydrogens is 240 g/mol. The van der Waals surface area contributed by atoms with Gasteiger partial charge in [-0.1, -0.05) is 0 Å². The summed E-state index contributed by atoms with van der Waals surface area (Å²) in [6, 6.07) is -1.96. The Morgan fingerprint density at radius 2 is 1.62 bits per heavy atom. The SMILES string of the molecule is CC(=O)NC(C(N)=O)C(S)(C(=O)O)C(=O)O. The number of carboxylic acid groups (broad SMARTS) is 2. The highest BCUT2D eigenvalue weighted by atomic mass is 32.1. The number of carbonyl (C=O) groups excluding carboxylic acids is 2. The van der Waals surface area contributed by atoms with E-state index in [0.29, 0.717) is 0 Å². The lowest BCUT2D eigenvalue weighted by Crippen LogP contribution is -2.63. The topological polar surface area (TPSA) is 147 Å². The third-order valence-corrected chi connectivity index (χ3v) is 2.34. The van der Waals surface area contributed by atoms with Crippen LogP contribution in [0, 0.1) is 0 Å². The molecule has 9 heteroatoms. The second-order valence-electron chi connectivity index (χ2n) is 2.91. The first-order chi connectivity index (χ1) is 7.13. The maximum absolute atomic E-state index is 10.9. The zero-order chi connectivity index (χ0) is 13.1. The predicted octanol–water partition coefficient (Wildman–Crippen LogP) is -2.19. The van der Waals surface area contributed by atoms with Gasteiger partial charge in [-0.3, -0.25) is 9.59 Å². The molecule has 0 aliphatic heterocycles. The van der Waals surface area contributed by atoms with Crippen LogP contribution >= 0.6 is 12.6 Å². The van der Waals surface area contributed by atoms with Crippen molar-refractivity contribution in [3.63, 3.8) is 0 Å². The molecule has 0 radical (unpaired) electrons. The molecule has 1 unspecified atom stereocenters. The predicted molar refractivity (Wildman–Crippen MR) is 53.8 cm³/mol. The van der Waals surface area contributed by atoms with Gasteiger partial charge in [0.05, 0.1) is 0 Å². The summed E-state index contributed by atoms with van der Waals surface area (Å²) in [7, 11) is 0. The number of nitrogens with one attached hydrogen (secondary N) is 1. The molecule has 0 fully saturated rings. The maximum Gasteiger partial charge on any atom is 0.333 e. The first-order valence-electron chi connectivity index (χ1n) is 3.89. The second kappa shape index (κ2) is 4.84. The van der Waals surface area contributed by atoms with Gasteiger partial charge in [0, 0.05) is 6.92 Å². The zero-order valence-corrected chi connectivity index (χ0v) is 9.02. The molecule has 1 atom stereocenters. The van der Waals surface area contributed by atoms with Crippen LogP contribution in [0.3, 0.4) is 0 Å². The Hall–Kier alpha value is -1.77. The van der Waals surface area contributed by atoms with E-state index >= 15 is 0 Å². The van der Waals surface area contributed by atoms with Crippen molar-refractivity contribution in [2.45, 2.75) is 17.7 Å². The van der Waals surface area contributed by atoms with Crippen molar-refractivity contribution in [1.82, 2.24) is 5.32 Å². The number of amides is 2. The van der Waals surface area contributed by atoms with Crippen LogP contribution in [0.2, 0.25) is 0 Å². The van der Waals surface area contributed by atoms with E-state index in [-0.39, 0.29) is 0 Å². The molecule has 2 amide bonds. The van der Waals surface area contributed by atoms with Crippen molar-refractivity contribution in [1.29, 1.82) is 0 Å². The van der Waals surface area contributed by atoms with Gasteiger partial charge in [-0.05, 0) is 0 Å². The van der Waals surface area contributed by atoms with Crippen LogP contribution in [-0.2, 0) is 19.2 Å². The highest BCUT2D eigenvalue weighted by Gasteiger charge is 2.53. The van der Waals surface area contributed by atoms with Gasteiger partial charge in [-0.25, -0.2) is 9.59 Å². The Morgan fingerprint density at radius 1 is 1.25 bits per heavy atom. The minimum atomic E-state index is -2.81. The molecule has 16 heavy (non-hydrogen) atoms. The first-order valence-corrected chi connectivity index (χ1v) is 4.34. The van der Waals surface area contributed by atoms with Crippen molar-refractivity contribution in [2.75, 3.05) is 0 Å². The fourth-order valence-electron chi connectivity index (χ4n) is 0.923. The average molecular weight is 250 g/mol. The fraction of sp³-hybridized carbons (Fsp3) is 0.429. The molecular formula is C7H10N2O6S. The zero-order valence-electron chi connectivity index (χ0n) is 8.13. The van der Waals surface area contributed by atoms with E-state index in [2.05, 4.69) is 12.6 Å². The monoisotopic (exact) mass is 250 g/mol. The van der Waals surface area contributed by atoms with E-state index in [1.54, 1.807) is 0 Å². The van der Waals surface area contributed by atoms with Crippen LogP contribution in [0.5, 0.6) is 0 Å². The summed E-state index contributed by atoms with van der Waals surface area (Å²) in [5, 5.41) is 19.3. The molecule has 0 aliphatic rings. The smallest absolute Gasteiger partial charge is 0.333 e. The molecule has 0 aromatic rings. The number of hydrogen-bond donors (Lipinski definition) is 5. The number of aliphatic carboxylic acids is 2. The lowest BCUT2D eigenvalue weighted by atomic mass is 9.98.